The molecule has 0 amide bonds. The third kappa shape index (κ3) is 3.82. The zero-order chi connectivity index (χ0) is 23.2. The van der Waals surface area contributed by atoms with Crippen LogP contribution in [-0.2, 0) is 4.74 Å². The number of aromatic amines is 1. The van der Waals surface area contributed by atoms with Crippen molar-refractivity contribution in [3.8, 4) is 22.5 Å². The van der Waals surface area contributed by atoms with Crippen molar-refractivity contribution in [1.82, 2.24) is 20.3 Å². The summed E-state index contributed by atoms with van der Waals surface area (Å²) >= 11 is 0. The minimum Gasteiger partial charge on any atom is -0.373 e. The van der Waals surface area contributed by atoms with Gasteiger partial charge in [0.25, 0.3) is 0 Å². The van der Waals surface area contributed by atoms with Gasteiger partial charge in [-0.25, -0.2) is 13.8 Å². The molecule has 2 aliphatic heterocycles. The van der Waals surface area contributed by atoms with Crippen molar-refractivity contribution in [2.75, 3.05) is 31.1 Å². The number of ether oxygens (including phenoxy) is 1. The van der Waals surface area contributed by atoms with Crippen LogP contribution in [0.1, 0.15) is 12.0 Å². The predicted molar refractivity (Wildman–Crippen MR) is 128 cm³/mol. The summed E-state index contributed by atoms with van der Waals surface area (Å²) in [6.45, 7) is 4.94. The predicted octanol–water partition coefficient (Wildman–Crippen LogP) is 4.45. The average Bonchev–Trinajstić information content (AvgIpc) is 3.26. The number of anilines is 1. The molecule has 174 valence electrons. The van der Waals surface area contributed by atoms with Crippen LogP contribution in [0, 0.1) is 18.6 Å². The van der Waals surface area contributed by atoms with Crippen LogP contribution in [0.3, 0.4) is 0 Å². The molecule has 4 aromatic rings. The maximum Gasteiger partial charge on any atom is 0.142 e. The van der Waals surface area contributed by atoms with Crippen LogP contribution < -0.4 is 10.2 Å². The van der Waals surface area contributed by atoms with Gasteiger partial charge in [0.2, 0.25) is 0 Å². The molecular weight excluding hydrogens is 436 g/mol. The summed E-state index contributed by atoms with van der Waals surface area (Å²) in [5.41, 5.74) is 5.43. The highest BCUT2D eigenvalue weighted by Gasteiger charge is 2.34. The van der Waals surface area contributed by atoms with Gasteiger partial charge in [-0.3, -0.25) is 4.98 Å². The summed E-state index contributed by atoms with van der Waals surface area (Å²) in [5.74, 6) is -0.0129. The first-order chi connectivity index (χ1) is 16.5. The van der Waals surface area contributed by atoms with Gasteiger partial charge in [-0.15, -0.1) is 0 Å². The molecule has 2 aromatic carbocycles. The lowest BCUT2D eigenvalue weighted by Crippen LogP contribution is -2.57. The molecular formula is C26H25F2N5O. The second kappa shape index (κ2) is 8.45. The van der Waals surface area contributed by atoms with Gasteiger partial charge in [0.05, 0.1) is 35.0 Å². The van der Waals surface area contributed by atoms with E-state index in [2.05, 4.69) is 20.2 Å². The molecule has 2 N–H and O–H groups in total. The van der Waals surface area contributed by atoms with Gasteiger partial charge in [-0.1, -0.05) is 6.07 Å². The van der Waals surface area contributed by atoms with E-state index in [-0.39, 0.29) is 17.7 Å². The highest BCUT2D eigenvalue weighted by atomic mass is 19.1. The van der Waals surface area contributed by atoms with Gasteiger partial charge in [0, 0.05) is 43.6 Å². The number of nitrogens with zero attached hydrogens (tertiary/aromatic N) is 3. The number of hydrogen-bond donors (Lipinski definition) is 2. The summed E-state index contributed by atoms with van der Waals surface area (Å²) in [4.78, 5) is 14.8. The van der Waals surface area contributed by atoms with Crippen LogP contribution in [-0.4, -0.2) is 53.3 Å². The minimum absolute atomic E-state index is 0.0652. The number of hydrogen-bond acceptors (Lipinski definition) is 5. The maximum absolute atomic E-state index is 14.4. The fraction of sp³-hybridized carbons (Fsp3) is 0.308. The third-order valence-corrected chi connectivity index (χ3v) is 6.69. The fourth-order valence-electron chi connectivity index (χ4n) is 5.16. The van der Waals surface area contributed by atoms with Crippen molar-refractivity contribution in [2.45, 2.75) is 25.5 Å². The van der Waals surface area contributed by atoms with Crippen LogP contribution in [0.15, 0.2) is 48.8 Å². The van der Waals surface area contributed by atoms with Crippen molar-refractivity contribution in [1.29, 1.82) is 0 Å². The Morgan fingerprint density at radius 2 is 1.94 bits per heavy atom. The molecule has 0 spiro atoms. The number of rotatable bonds is 3. The number of halogens is 2. The summed E-state index contributed by atoms with van der Waals surface area (Å²) in [7, 11) is 0. The van der Waals surface area contributed by atoms with E-state index in [9.17, 15) is 8.78 Å². The number of piperidine rings is 1. The number of aryl methyl sites for hydroxylation is 1. The molecule has 0 radical (unpaired) electrons. The Balaban J connectivity index is 1.52. The van der Waals surface area contributed by atoms with Crippen LogP contribution in [0.2, 0.25) is 0 Å². The van der Waals surface area contributed by atoms with Gasteiger partial charge < -0.3 is 19.9 Å². The van der Waals surface area contributed by atoms with Crippen LogP contribution in [0.25, 0.3) is 33.5 Å². The van der Waals surface area contributed by atoms with Crippen LogP contribution >= 0.6 is 0 Å². The van der Waals surface area contributed by atoms with E-state index < -0.39 is 0 Å². The fourth-order valence-corrected chi connectivity index (χ4v) is 5.16. The summed E-state index contributed by atoms with van der Waals surface area (Å²) in [6.07, 6.45) is 4.54. The first-order valence-corrected chi connectivity index (χ1v) is 11.6. The standard InChI is InChI=1S/C26H25F2N5O/c1-15-8-16(10-18(28)9-15)19-12-29-13-20(26-31-21-3-2-17(27)11-23(21)32-26)25(19)33-6-4-22-24(14-33)34-7-5-30-22/h2-3,8-13,22,24,30H,4-7,14H2,1H3,(H,31,32)/t22-,24?/m1/s1. The zero-order valence-electron chi connectivity index (χ0n) is 18.8. The molecule has 6 rings (SSSR count). The summed E-state index contributed by atoms with van der Waals surface area (Å²) in [5, 5.41) is 3.56. The molecule has 34 heavy (non-hydrogen) atoms. The third-order valence-electron chi connectivity index (χ3n) is 6.69. The van der Waals surface area contributed by atoms with Crippen molar-refractivity contribution in [3.63, 3.8) is 0 Å². The molecule has 2 fully saturated rings. The number of imidazole rings is 1. The Morgan fingerprint density at radius 3 is 2.82 bits per heavy atom. The molecule has 0 bridgehead atoms. The lowest BCUT2D eigenvalue weighted by atomic mass is 9.95. The van der Waals surface area contributed by atoms with Crippen LogP contribution in [0.5, 0.6) is 0 Å². The lowest BCUT2D eigenvalue weighted by Gasteiger charge is -2.43. The van der Waals surface area contributed by atoms with Gasteiger partial charge >= 0.3 is 0 Å². The van der Waals surface area contributed by atoms with E-state index in [1.54, 1.807) is 18.5 Å². The topological polar surface area (TPSA) is 66.1 Å². The molecule has 4 heterocycles. The van der Waals surface area contributed by atoms with Gasteiger partial charge in [-0.2, -0.15) is 0 Å². The number of aromatic nitrogens is 3. The number of H-pyrrole nitrogens is 1. The second-order valence-corrected chi connectivity index (χ2v) is 9.05. The molecule has 8 heteroatoms. The van der Waals surface area contributed by atoms with E-state index in [4.69, 9.17) is 9.72 Å². The Labute approximate surface area is 196 Å². The van der Waals surface area contributed by atoms with E-state index in [1.165, 1.54) is 24.3 Å². The lowest BCUT2D eigenvalue weighted by molar-refractivity contribution is -0.00899. The normalized spacial score (nSPS) is 20.5. The van der Waals surface area contributed by atoms with Crippen molar-refractivity contribution < 1.29 is 13.5 Å². The number of nitrogens with one attached hydrogen (secondary N) is 2. The number of fused-ring (bicyclic) bond motifs is 2. The second-order valence-electron chi connectivity index (χ2n) is 9.05. The first-order valence-electron chi connectivity index (χ1n) is 11.6. The highest BCUT2D eigenvalue weighted by molar-refractivity contribution is 5.91. The number of morpholine rings is 1. The quantitative estimate of drug-likeness (QED) is 0.472. The smallest absolute Gasteiger partial charge is 0.142 e. The average molecular weight is 462 g/mol. The SMILES string of the molecule is Cc1cc(F)cc(-c2cncc(-c3nc4ccc(F)cc4[nH]3)c2N2CC[C@H]3NCCOC3C2)c1. The summed E-state index contributed by atoms with van der Waals surface area (Å²) in [6, 6.07) is 9.83. The molecule has 2 atom stereocenters. The van der Waals surface area contributed by atoms with Crippen molar-refractivity contribution in [3.05, 3.63) is 66.0 Å². The van der Waals surface area contributed by atoms with E-state index >= 15 is 0 Å². The van der Waals surface area contributed by atoms with Crippen LogP contribution in [0.4, 0.5) is 14.5 Å². The van der Waals surface area contributed by atoms with Crippen molar-refractivity contribution >= 4 is 16.7 Å². The van der Waals surface area contributed by atoms with E-state index in [0.717, 1.165) is 47.5 Å². The van der Waals surface area contributed by atoms with Gasteiger partial charge in [0.1, 0.15) is 17.5 Å². The van der Waals surface area contributed by atoms with Crippen molar-refractivity contribution in [2.24, 2.45) is 0 Å². The molecule has 2 aromatic heterocycles. The van der Waals surface area contributed by atoms with Gasteiger partial charge in [0.15, 0.2) is 0 Å². The van der Waals surface area contributed by atoms with E-state index in [0.29, 0.717) is 36.1 Å². The molecule has 2 saturated heterocycles. The molecule has 0 aliphatic carbocycles. The number of benzene rings is 2. The minimum atomic E-state index is -0.325. The Hall–Kier alpha value is -3.36. The number of pyridine rings is 1. The first kappa shape index (κ1) is 21.2. The molecule has 6 nitrogen and oxygen atoms in total. The van der Waals surface area contributed by atoms with Gasteiger partial charge in [-0.05, 0) is 54.8 Å². The Morgan fingerprint density at radius 1 is 1.06 bits per heavy atom. The maximum atomic E-state index is 14.4. The molecule has 2 aliphatic rings. The van der Waals surface area contributed by atoms with E-state index in [1.807, 2.05) is 13.0 Å². The summed E-state index contributed by atoms with van der Waals surface area (Å²) < 4.78 is 34.3. The zero-order valence-corrected chi connectivity index (χ0v) is 18.8. The monoisotopic (exact) mass is 461 g/mol. The largest absolute Gasteiger partial charge is 0.373 e. The molecule has 1 unspecified atom stereocenters. The Kier molecular flexibility index (Phi) is 5.27. The Bertz CT molecular complexity index is 1350. The highest BCUT2D eigenvalue weighted by Crippen LogP contribution is 2.40. The molecule has 0 saturated carbocycles.